The van der Waals surface area contributed by atoms with Crippen LogP contribution in [0.25, 0.3) is 0 Å². The molecule has 0 aliphatic heterocycles. The van der Waals surface area contributed by atoms with E-state index in [1.165, 1.54) is 31.5 Å². The molecule has 2 N–H and O–H groups in total. The number of nitrogens with one attached hydrogen (secondary N) is 2. The normalized spacial score (nSPS) is 17.0. The minimum Gasteiger partial charge on any atom is -0.353 e. The van der Waals surface area contributed by atoms with Crippen LogP contribution in [0.1, 0.15) is 19.3 Å². The van der Waals surface area contributed by atoms with E-state index in [0.717, 1.165) is 0 Å². The number of aromatic nitrogens is 2. The second kappa shape index (κ2) is 2.97. The number of nitrogens with zero attached hydrogens (tertiary/aromatic N) is 1. The molecule has 12 heavy (non-hydrogen) atoms. The molecule has 0 radical (unpaired) electrons. The van der Waals surface area contributed by atoms with E-state index in [2.05, 4.69) is 15.3 Å². The van der Waals surface area contributed by atoms with Gasteiger partial charge in [-0.15, -0.1) is 0 Å². The van der Waals surface area contributed by atoms with Gasteiger partial charge in [-0.1, -0.05) is 0 Å². The maximum Gasteiger partial charge on any atom is 0.252 e. The molecule has 0 bridgehead atoms. The summed E-state index contributed by atoms with van der Waals surface area (Å²) in [5, 5.41) is 3.15. The Hall–Kier alpha value is -1.32. The Morgan fingerprint density at radius 2 is 2.42 bits per heavy atom. The fraction of sp³-hybridized carbons (Fsp3) is 0.500. The van der Waals surface area contributed by atoms with Crippen LogP contribution in [0.3, 0.4) is 0 Å². The van der Waals surface area contributed by atoms with Crippen molar-refractivity contribution in [1.82, 2.24) is 9.97 Å². The van der Waals surface area contributed by atoms with Gasteiger partial charge in [0, 0.05) is 18.3 Å². The standard InChI is InChI=1S/C8H11N3O/c12-7-4-5-9-8(11-7)10-6-2-1-3-6/h4-6H,1-3H2,(H2,9,10,11,12). The van der Waals surface area contributed by atoms with E-state index in [9.17, 15) is 4.79 Å². The summed E-state index contributed by atoms with van der Waals surface area (Å²) in [4.78, 5) is 17.5. The smallest absolute Gasteiger partial charge is 0.252 e. The lowest BCUT2D eigenvalue weighted by molar-refractivity contribution is 0.443. The second-order valence-corrected chi connectivity index (χ2v) is 3.05. The molecular weight excluding hydrogens is 154 g/mol. The molecule has 0 aromatic carbocycles. The van der Waals surface area contributed by atoms with E-state index >= 15 is 0 Å². The summed E-state index contributed by atoms with van der Waals surface area (Å²) in [6.07, 6.45) is 5.14. The number of rotatable bonds is 2. The van der Waals surface area contributed by atoms with Gasteiger partial charge in [0.05, 0.1) is 0 Å². The molecule has 1 aromatic heterocycles. The van der Waals surface area contributed by atoms with Crippen molar-refractivity contribution < 1.29 is 0 Å². The molecule has 1 saturated carbocycles. The molecule has 0 saturated heterocycles. The lowest BCUT2D eigenvalue weighted by Crippen LogP contribution is -2.28. The summed E-state index contributed by atoms with van der Waals surface area (Å²) in [5.74, 6) is 0.590. The van der Waals surface area contributed by atoms with Crippen LogP contribution < -0.4 is 10.9 Å². The van der Waals surface area contributed by atoms with Crippen molar-refractivity contribution in [2.45, 2.75) is 25.3 Å². The predicted molar refractivity (Wildman–Crippen MR) is 46.1 cm³/mol. The SMILES string of the molecule is O=c1ccnc(NC2CCC2)[nH]1. The van der Waals surface area contributed by atoms with Crippen LogP contribution in [-0.4, -0.2) is 16.0 Å². The highest BCUT2D eigenvalue weighted by atomic mass is 16.1. The third-order valence-electron chi connectivity index (χ3n) is 2.12. The lowest BCUT2D eigenvalue weighted by atomic mass is 9.93. The van der Waals surface area contributed by atoms with Crippen molar-refractivity contribution in [2.24, 2.45) is 0 Å². The van der Waals surface area contributed by atoms with Gasteiger partial charge >= 0.3 is 0 Å². The Labute approximate surface area is 70.0 Å². The molecule has 2 rings (SSSR count). The Morgan fingerprint density at radius 3 is 3.00 bits per heavy atom. The van der Waals surface area contributed by atoms with E-state index in [-0.39, 0.29) is 5.56 Å². The molecule has 0 spiro atoms. The first-order chi connectivity index (χ1) is 5.84. The Morgan fingerprint density at radius 1 is 1.58 bits per heavy atom. The van der Waals surface area contributed by atoms with E-state index in [1.807, 2.05) is 0 Å². The van der Waals surface area contributed by atoms with Gasteiger partial charge < -0.3 is 5.32 Å². The van der Waals surface area contributed by atoms with Crippen LogP contribution in [0, 0.1) is 0 Å². The van der Waals surface area contributed by atoms with Crippen molar-refractivity contribution >= 4 is 5.95 Å². The highest BCUT2D eigenvalue weighted by Crippen LogP contribution is 2.20. The van der Waals surface area contributed by atoms with Crippen LogP contribution >= 0.6 is 0 Å². The molecule has 0 atom stereocenters. The highest BCUT2D eigenvalue weighted by Gasteiger charge is 2.17. The van der Waals surface area contributed by atoms with Crippen molar-refractivity contribution in [1.29, 1.82) is 0 Å². The Bertz CT molecular complexity index is 316. The summed E-state index contributed by atoms with van der Waals surface area (Å²) in [7, 11) is 0. The average molecular weight is 165 g/mol. The van der Waals surface area contributed by atoms with Gasteiger partial charge in [-0.05, 0) is 19.3 Å². The molecule has 0 amide bonds. The molecule has 1 aromatic rings. The monoisotopic (exact) mass is 165 g/mol. The van der Waals surface area contributed by atoms with Gasteiger partial charge in [-0.2, -0.15) is 0 Å². The van der Waals surface area contributed by atoms with Crippen LogP contribution in [0.5, 0.6) is 0 Å². The Kier molecular flexibility index (Phi) is 1.81. The van der Waals surface area contributed by atoms with Crippen LogP contribution in [-0.2, 0) is 0 Å². The molecule has 4 heteroatoms. The molecule has 4 nitrogen and oxygen atoms in total. The first kappa shape index (κ1) is 7.34. The first-order valence-corrected chi connectivity index (χ1v) is 4.16. The number of H-pyrrole nitrogens is 1. The zero-order chi connectivity index (χ0) is 8.39. The maximum atomic E-state index is 10.8. The van der Waals surface area contributed by atoms with E-state index in [4.69, 9.17) is 0 Å². The maximum absolute atomic E-state index is 10.8. The summed E-state index contributed by atoms with van der Waals surface area (Å²) < 4.78 is 0. The highest BCUT2D eigenvalue weighted by molar-refractivity contribution is 5.25. The third-order valence-corrected chi connectivity index (χ3v) is 2.12. The molecule has 1 heterocycles. The summed E-state index contributed by atoms with van der Waals surface area (Å²) in [6, 6.07) is 1.92. The lowest BCUT2D eigenvalue weighted by Gasteiger charge is -2.26. The van der Waals surface area contributed by atoms with Gasteiger partial charge in [0.2, 0.25) is 5.95 Å². The minimum absolute atomic E-state index is 0.105. The van der Waals surface area contributed by atoms with E-state index in [1.54, 1.807) is 0 Å². The number of hydrogen-bond acceptors (Lipinski definition) is 3. The number of anilines is 1. The Balaban J connectivity index is 2.06. The fourth-order valence-electron chi connectivity index (χ4n) is 1.19. The van der Waals surface area contributed by atoms with E-state index in [0.29, 0.717) is 12.0 Å². The first-order valence-electron chi connectivity index (χ1n) is 4.16. The summed E-state index contributed by atoms with van der Waals surface area (Å²) in [6.45, 7) is 0. The molecule has 64 valence electrons. The van der Waals surface area contributed by atoms with Crippen molar-refractivity contribution in [2.75, 3.05) is 5.32 Å². The van der Waals surface area contributed by atoms with Gasteiger partial charge in [-0.3, -0.25) is 9.78 Å². The van der Waals surface area contributed by atoms with E-state index < -0.39 is 0 Å². The van der Waals surface area contributed by atoms with Gasteiger partial charge in [-0.25, -0.2) is 4.98 Å². The zero-order valence-electron chi connectivity index (χ0n) is 6.71. The molecule has 1 aliphatic rings. The molecule has 1 fully saturated rings. The summed E-state index contributed by atoms with van der Waals surface area (Å²) in [5.41, 5.74) is -0.105. The topological polar surface area (TPSA) is 57.8 Å². The minimum atomic E-state index is -0.105. The average Bonchev–Trinajstić information content (AvgIpc) is 1.97. The number of hydrogen-bond donors (Lipinski definition) is 2. The fourth-order valence-corrected chi connectivity index (χ4v) is 1.19. The van der Waals surface area contributed by atoms with Crippen LogP contribution in [0.15, 0.2) is 17.1 Å². The summed E-state index contributed by atoms with van der Waals surface area (Å²) >= 11 is 0. The third kappa shape index (κ3) is 1.47. The van der Waals surface area contributed by atoms with Crippen molar-refractivity contribution in [3.8, 4) is 0 Å². The van der Waals surface area contributed by atoms with Gasteiger partial charge in [0.25, 0.3) is 5.56 Å². The molecule has 1 aliphatic carbocycles. The largest absolute Gasteiger partial charge is 0.353 e. The van der Waals surface area contributed by atoms with Crippen molar-refractivity contribution in [3.05, 3.63) is 22.6 Å². The second-order valence-electron chi connectivity index (χ2n) is 3.05. The van der Waals surface area contributed by atoms with Gasteiger partial charge in [0.1, 0.15) is 0 Å². The van der Waals surface area contributed by atoms with Crippen LogP contribution in [0.4, 0.5) is 5.95 Å². The van der Waals surface area contributed by atoms with Crippen molar-refractivity contribution in [3.63, 3.8) is 0 Å². The number of aromatic amines is 1. The predicted octanol–water partition coefficient (Wildman–Crippen LogP) is 0.734. The van der Waals surface area contributed by atoms with Crippen LogP contribution in [0.2, 0.25) is 0 Å². The quantitative estimate of drug-likeness (QED) is 0.679. The molecular formula is C8H11N3O. The zero-order valence-corrected chi connectivity index (χ0v) is 6.71. The molecule has 0 unspecified atom stereocenters. The van der Waals surface area contributed by atoms with Gasteiger partial charge in [0.15, 0.2) is 0 Å².